The minimum absolute atomic E-state index is 0.487. The third-order valence-electron chi connectivity index (χ3n) is 2.04. The van der Waals surface area contributed by atoms with E-state index in [0.29, 0.717) is 6.54 Å². The number of alkyl halides is 6. The summed E-state index contributed by atoms with van der Waals surface area (Å²) in [5.41, 5.74) is -12.3. The van der Waals surface area contributed by atoms with Gasteiger partial charge in [-0.3, -0.25) is 0 Å². The Labute approximate surface area is 133 Å². The van der Waals surface area contributed by atoms with Crippen LogP contribution in [0, 0.1) is 11.3 Å². The van der Waals surface area contributed by atoms with Crippen molar-refractivity contribution in [2.24, 2.45) is 0 Å². The monoisotopic (exact) mass is 404 g/mol. The molecule has 0 aromatic heterocycles. The van der Waals surface area contributed by atoms with Gasteiger partial charge in [0.25, 0.3) is 0 Å². The molecule has 0 amide bonds. The van der Waals surface area contributed by atoms with Crippen molar-refractivity contribution in [2.75, 3.05) is 20.3 Å². The number of hydrogen-bond acceptors (Lipinski definition) is 7. The van der Waals surface area contributed by atoms with E-state index < -0.39 is 35.2 Å². The third-order valence-corrected chi connectivity index (χ3v) is 5.01. The number of sulfonamides is 2. The van der Waals surface area contributed by atoms with Crippen LogP contribution in [0.25, 0.3) is 0 Å². The highest BCUT2D eigenvalue weighted by molar-refractivity contribution is 8.05. The van der Waals surface area contributed by atoms with Crippen LogP contribution in [0.5, 0.6) is 0 Å². The molecule has 16 heteroatoms. The van der Waals surface area contributed by atoms with E-state index in [4.69, 9.17) is 5.26 Å². The molecule has 1 aliphatic rings. The van der Waals surface area contributed by atoms with Gasteiger partial charge in [-0.25, -0.2) is 16.8 Å². The standard InChI is InChI=1S/C6H9N3.C2HF6NO4S2/c1-8-4-5-9(6-8)3-2-7;3-1(4,5)14(10,11)9-15(12,13)2(6,7)8/h4-5H,3,6H2,1H3;9H. The molecule has 0 radical (unpaired) electrons. The number of hydrogen-bond donors (Lipinski definition) is 1. The topological polar surface area (TPSA) is 111 Å². The lowest BCUT2D eigenvalue weighted by atomic mass is 10.6. The molecule has 0 aromatic carbocycles. The van der Waals surface area contributed by atoms with E-state index in [9.17, 15) is 43.2 Å². The molecule has 1 aliphatic heterocycles. The Balaban J connectivity index is 0.000000496. The van der Waals surface area contributed by atoms with Crippen molar-refractivity contribution in [2.45, 2.75) is 11.0 Å². The van der Waals surface area contributed by atoms with Gasteiger partial charge in [-0.1, -0.05) is 4.13 Å². The van der Waals surface area contributed by atoms with Gasteiger partial charge in [-0.05, 0) is 0 Å². The highest BCUT2D eigenvalue weighted by atomic mass is 32.3. The van der Waals surface area contributed by atoms with E-state index in [1.54, 1.807) is 0 Å². The van der Waals surface area contributed by atoms with Gasteiger partial charge in [0.2, 0.25) is 0 Å². The lowest BCUT2D eigenvalue weighted by molar-refractivity contribution is -0.0476. The summed E-state index contributed by atoms with van der Waals surface area (Å²) in [5, 5.41) is 8.27. The maximum Gasteiger partial charge on any atom is 0.512 e. The average Bonchev–Trinajstić information content (AvgIpc) is 2.72. The summed E-state index contributed by atoms with van der Waals surface area (Å²) in [4.78, 5) is 3.97. The molecule has 1 rings (SSSR count). The first-order valence-electron chi connectivity index (χ1n) is 5.44. The molecule has 0 aliphatic carbocycles. The Morgan fingerprint density at radius 3 is 1.71 bits per heavy atom. The molecular formula is C8H10F6N4O4S2. The summed E-state index contributed by atoms with van der Waals surface area (Å²) in [6.07, 6.45) is 3.88. The molecule has 0 unspecified atom stereocenters. The minimum atomic E-state index is -6.60. The average molecular weight is 404 g/mol. The number of nitrogens with one attached hydrogen (secondary N) is 1. The van der Waals surface area contributed by atoms with E-state index in [2.05, 4.69) is 6.07 Å². The first-order valence-corrected chi connectivity index (χ1v) is 8.41. The lowest BCUT2D eigenvalue weighted by Crippen LogP contribution is -2.45. The van der Waals surface area contributed by atoms with Crippen molar-refractivity contribution in [1.29, 1.82) is 5.26 Å². The fourth-order valence-corrected chi connectivity index (χ4v) is 2.93. The number of rotatable bonds is 3. The van der Waals surface area contributed by atoms with Crippen LogP contribution in [0.3, 0.4) is 0 Å². The highest BCUT2D eigenvalue weighted by Crippen LogP contribution is 2.27. The fourth-order valence-electron chi connectivity index (χ4n) is 1.02. The van der Waals surface area contributed by atoms with Gasteiger partial charge in [0.05, 0.1) is 12.7 Å². The molecule has 0 saturated carbocycles. The molecule has 1 N–H and O–H groups in total. The van der Waals surface area contributed by atoms with E-state index in [-0.39, 0.29) is 0 Å². The van der Waals surface area contributed by atoms with Gasteiger partial charge >= 0.3 is 31.1 Å². The summed E-state index contributed by atoms with van der Waals surface area (Å²) in [5.74, 6) is 0. The van der Waals surface area contributed by atoms with Gasteiger partial charge in [-0.15, -0.1) is 0 Å². The molecule has 1 heterocycles. The smallest absolute Gasteiger partial charge is 0.362 e. The highest BCUT2D eigenvalue weighted by Gasteiger charge is 2.55. The molecule has 140 valence electrons. The van der Waals surface area contributed by atoms with Crippen LogP contribution in [-0.2, 0) is 20.0 Å². The van der Waals surface area contributed by atoms with E-state index in [1.165, 1.54) is 0 Å². The number of nitriles is 1. The van der Waals surface area contributed by atoms with Crippen LogP contribution < -0.4 is 4.13 Å². The Hall–Kier alpha value is -1.73. The maximum atomic E-state index is 11.5. The summed E-state index contributed by atoms with van der Waals surface area (Å²) in [6, 6.07) is 2.08. The molecular weight excluding hydrogens is 394 g/mol. The predicted molar refractivity (Wildman–Crippen MR) is 67.2 cm³/mol. The molecule has 0 saturated heterocycles. The lowest BCUT2D eigenvalue weighted by Gasteiger charge is -2.13. The van der Waals surface area contributed by atoms with Crippen molar-refractivity contribution in [3.05, 3.63) is 12.4 Å². The zero-order chi connectivity index (χ0) is 19.4. The predicted octanol–water partition coefficient (Wildman–Crippen LogP) is 0.461. The summed E-state index contributed by atoms with van der Waals surface area (Å²) < 4.78 is 108. The summed E-state index contributed by atoms with van der Waals surface area (Å²) in [6.45, 7) is 1.33. The van der Waals surface area contributed by atoms with E-state index in [1.807, 2.05) is 29.2 Å². The molecule has 0 aromatic rings. The first kappa shape index (κ1) is 22.3. The molecule has 24 heavy (non-hydrogen) atoms. The second kappa shape index (κ2) is 7.44. The largest absolute Gasteiger partial charge is 0.512 e. The van der Waals surface area contributed by atoms with Crippen molar-refractivity contribution in [3.8, 4) is 6.07 Å². The maximum absolute atomic E-state index is 11.5. The van der Waals surface area contributed by atoms with E-state index >= 15 is 0 Å². The van der Waals surface area contributed by atoms with Gasteiger partial charge in [0, 0.05) is 19.4 Å². The van der Waals surface area contributed by atoms with Gasteiger partial charge in [0.1, 0.15) is 6.54 Å². The molecule has 0 spiro atoms. The quantitative estimate of drug-likeness (QED) is 0.538. The molecule has 0 fully saturated rings. The van der Waals surface area contributed by atoms with Crippen LogP contribution in [0.4, 0.5) is 26.3 Å². The van der Waals surface area contributed by atoms with Crippen molar-refractivity contribution in [3.63, 3.8) is 0 Å². The second-order valence-electron chi connectivity index (χ2n) is 4.08. The Morgan fingerprint density at radius 1 is 1.04 bits per heavy atom. The number of nitrogens with zero attached hydrogens (tertiary/aromatic N) is 3. The Bertz CT molecular complexity index is 664. The van der Waals surface area contributed by atoms with Crippen LogP contribution >= 0.6 is 0 Å². The zero-order valence-electron chi connectivity index (χ0n) is 11.6. The zero-order valence-corrected chi connectivity index (χ0v) is 13.3. The van der Waals surface area contributed by atoms with Crippen LogP contribution in [0.15, 0.2) is 12.4 Å². The van der Waals surface area contributed by atoms with Gasteiger partial charge in [-0.2, -0.15) is 31.6 Å². The SMILES string of the molecule is CN1C=CN(CC#N)C1.O=S(=O)(NS(=O)(=O)C(F)(F)F)C(F)(F)F. The van der Waals surface area contributed by atoms with Crippen molar-refractivity contribution < 1.29 is 43.2 Å². The summed E-state index contributed by atoms with van der Waals surface area (Å²) in [7, 11) is -11.2. The van der Waals surface area contributed by atoms with Gasteiger partial charge < -0.3 is 9.80 Å². The van der Waals surface area contributed by atoms with Crippen molar-refractivity contribution in [1.82, 2.24) is 13.9 Å². The molecule has 0 atom stereocenters. The van der Waals surface area contributed by atoms with Crippen LogP contribution in [0.1, 0.15) is 0 Å². The van der Waals surface area contributed by atoms with Gasteiger partial charge in [0.15, 0.2) is 0 Å². The van der Waals surface area contributed by atoms with Crippen LogP contribution in [-0.4, -0.2) is 57.9 Å². The first-order chi connectivity index (χ1) is 10.5. The second-order valence-corrected chi connectivity index (χ2v) is 7.69. The molecule has 0 bridgehead atoms. The van der Waals surface area contributed by atoms with E-state index in [0.717, 1.165) is 6.67 Å². The number of halogens is 6. The fraction of sp³-hybridized carbons (Fsp3) is 0.625. The molecule has 8 nitrogen and oxygen atoms in total. The third kappa shape index (κ3) is 6.41. The minimum Gasteiger partial charge on any atom is -0.362 e. The van der Waals surface area contributed by atoms with Crippen molar-refractivity contribution >= 4 is 20.0 Å². The van der Waals surface area contributed by atoms with Crippen LogP contribution in [0.2, 0.25) is 0 Å². The Morgan fingerprint density at radius 2 is 1.46 bits per heavy atom. The summed E-state index contributed by atoms with van der Waals surface area (Å²) >= 11 is 0. The normalized spacial score (nSPS) is 15.8. The Kier molecular flexibility index (Phi) is 6.90.